The maximum absolute atomic E-state index is 5.71. The minimum absolute atomic E-state index is 0.467. The van der Waals surface area contributed by atoms with E-state index < -0.39 is 5.54 Å². The Morgan fingerprint density at radius 1 is 1.29 bits per heavy atom. The second-order valence-corrected chi connectivity index (χ2v) is 4.05. The van der Waals surface area contributed by atoms with Gasteiger partial charge in [0.05, 0.1) is 0 Å². The molecule has 0 saturated heterocycles. The first-order valence-electron chi connectivity index (χ1n) is 4.39. The summed E-state index contributed by atoms with van der Waals surface area (Å²) in [6.07, 6.45) is 2.62. The number of halogens is 2. The van der Waals surface area contributed by atoms with E-state index in [4.69, 9.17) is 22.9 Å². The highest BCUT2D eigenvalue weighted by molar-refractivity contribution is 7.36. The third-order valence-corrected chi connectivity index (χ3v) is 2.09. The van der Waals surface area contributed by atoms with Gasteiger partial charge in [0.15, 0.2) is 0 Å². The van der Waals surface area contributed by atoms with Crippen molar-refractivity contribution in [1.29, 1.82) is 0 Å². The summed E-state index contributed by atoms with van der Waals surface area (Å²) >= 11 is 11.4. The van der Waals surface area contributed by atoms with Crippen molar-refractivity contribution in [3.8, 4) is 0 Å². The van der Waals surface area contributed by atoms with Gasteiger partial charge in [-0.1, -0.05) is 42.4 Å². The predicted octanol–water partition coefficient (Wildman–Crippen LogP) is 4.15. The van der Waals surface area contributed by atoms with Gasteiger partial charge in [-0.15, -0.1) is 6.58 Å². The summed E-state index contributed by atoms with van der Waals surface area (Å²) in [6, 6.07) is 10.0. The van der Waals surface area contributed by atoms with E-state index in [9.17, 15) is 0 Å². The Balaban J connectivity index is 2.94. The molecule has 0 atom stereocenters. The number of hydrogen-bond acceptors (Lipinski definition) is 0. The molecule has 1 aromatic rings. The summed E-state index contributed by atoms with van der Waals surface area (Å²) < 4.78 is 0. The van der Waals surface area contributed by atoms with Crippen molar-refractivity contribution in [2.75, 3.05) is 0 Å². The first kappa shape index (κ1) is 11.4. The SMILES string of the molecule is C=CC/C(=C\B(Cl)Cl)c1ccccc1. The smallest absolute Gasteiger partial charge is 0.165 e. The minimum Gasteiger partial charge on any atom is -0.165 e. The van der Waals surface area contributed by atoms with E-state index in [0.717, 1.165) is 17.6 Å². The zero-order valence-electron chi connectivity index (χ0n) is 7.79. The standard InChI is InChI=1S/C11H11BCl2/c1-2-6-11(9-12(13)14)10-7-4-3-5-8-10/h2-5,7-9H,1,6H2/b11-9+. The van der Waals surface area contributed by atoms with Crippen molar-refractivity contribution >= 4 is 34.0 Å². The molecule has 3 heteroatoms. The lowest BCUT2D eigenvalue weighted by Gasteiger charge is -2.04. The molecule has 0 saturated carbocycles. The largest absolute Gasteiger partial charge is 0.376 e. The lowest BCUT2D eigenvalue weighted by atomic mass is 9.94. The maximum Gasteiger partial charge on any atom is 0.376 e. The molecule has 72 valence electrons. The van der Waals surface area contributed by atoms with Crippen molar-refractivity contribution in [2.24, 2.45) is 0 Å². The highest BCUT2D eigenvalue weighted by Gasteiger charge is 2.05. The summed E-state index contributed by atoms with van der Waals surface area (Å²) in [4.78, 5) is 0. The summed E-state index contributed by atoms with van der Waals surface area (Å²) in [5, 5.41) is 0. The monoisotopic (exact) mass is 224 g/mol. The zero-order chi connectivity index (χ0) is 10.4. The molecule has 0 aliphatic rings. The number of rotatable bonds is 4. The van der Waals surface area contributed by atoms with Crippen LogP contribution in [0.25, 0.3) is 5.57 Å². The van der Waals surface area contributed by atoms with E-state index in [1.54, 1.807) is 0 Å². The van der Waals surface area contributed by atoms with Crippen LogP contribution in [0, 0.1) is 0 Å². The summed E-state index contributed by atoms with van der Waals surface area (Å²) in [5.41, 5.74) is 1.78. The minimum atomic E-state index is -0.467. The molecule has 0 heterocycles. The molecule has 0 aliphatic carbocycles. The van der Waals surface area contributed by atoms with Crippen molar-refractivity contribution in [1.82, 2.24) is 0 Å². The van der Waals surface area contributed by atoms with Gasteiger partial charge in [-0.05, 0) is 17.6 Å². The van der Waals surface area contributed by atoms with Crippen molar-refractivity contribution in [2.45, 2.75) is 6.42 Å². The molecule has 0 amide bonds. The molecule has 0 aromatic heterocycles. The molecule has 0 aliphatic heterocycles. The summed E-state index contributed by atoms with van der Waals surface area (Å²) in [7, 11) is 0. The maximum atomic E-state index is 5.71. The second kappa shape index (κ2) is 5.95. The molecule has 0 unspecified atom stereocenters. The zero-order valence-corrected chi connectivity index (χ0v) is 9.30. The summed E-state index contributed by atoms with van der Waals surface area (Å²) in [5.74, 6) is 1.83. The van der Waals surface area contributed by atoms with Crippen LogP contribution in [0.2, 0.25) is 0 Å². The molecule has 0 nitrogen and oxygen atoms in total. The van der Waals surface area contributed by atoms with Gasteiger partial charge < -0.3 is 0 Å². The Morgan fingerprint density at radius 3 is 2.43 bits per heavy atom. The van der Waals surface area contributed by atoms with E-state index in [0.29, 0.717) is 0 Å². The van der Waals surface area contributed by atoms with Crippen LogP contribution in [-0.4, -0.2) is 5.54 Å². The highest BCUT2D eigenvalue weighted by atomic mass is 35.5. The topological polar surface area (TPSA) is 0 Å². The van der Waals surface area contributed by atoms with Gasteiger partial charge in [0.25, 0.3) is 0 Å². The van der Waals surface area contributed by atoms with Crippen LogP contribution in [0.15, 0.2) is 49.0 Å². The fraction of sp³-hybridized carbons (Fsp3) is 0.0909. The fourth-order valence-electron chi connectivity index (χ4n) is 1.24. The molecular formula is C11H11BCl2. The second-order valence-electron chi connectivity index (χ2n) is 2.89. The predicted molar refractivity (Wildman–Crippen MR) is 66.7 cm³/mol. The van der Waals surface area contributed by atoms with Gasteiger partial charge in [-0.2, -0.15) is 22.9 Å². The van der Waals surface area contributed by atoms with Crippen LogP contribution in [-0.2, 0) is 0 Å². The van der Waals surface area contributed by atoms with Crippen LogP contribution < -0.4 is 0 Å². The van der Waals surface area contributed by atoms with E-state index in [1.807, 2.05) is 42.4 Å². The molecule has 0 spiro atoms. The van der Waals surface area contributed by atoms with Crippen LogP contribution in [0.5, 0.6) is 0 Å². The third-order valence-electron chi connectivity index (χ3n) is 1.84. The van der Waals surface area contributed by atoms with E-state index >= 15 is 0 Å². The average molecular weight is 225 g/mol. The van der Waals surface area contributed by atoms with Crippen LogP contribution in [0.1, 0.15) is 12.0 Å². The molecular weight excluding hydrogens is 214 g/mol. The fourth-order valence-corrected chi connectivity index (χ4v) is 1.55. The molecule has 0 fully saturated rings. The molecule has 14 heavy (non-hydrogen) atoms. The Kier molecular flexibility index (Phi) is 4.85. The molecule has 0 N–H and O–H groups in total. The van der Waals surface area contributed by atoms with Gasteiger partial charge in [0, 0.05) is 0 Å². The van der Waals surface area contributed by atoms with Crippen molar-refractivity contribution < 1.29 is 0 Å². The van der Waals surface area contributed by atoms with Gasteiger partial charge in [-0.25, -0.2) is 0 Å². The van der Waals surface area contributed by atoms with Crippen LogP contribution >= 0.6 is 22.9 Å². The lowest BCUT2D eigenvalue weighted by molar-refractivity contribution is 1.41. The van der Waals surface area contributed by atoms with E-state index in [1.165, 1.54) is 0 Å². The number of allylic oxidation sites excluding steroid dienone is 2. The number of hydrogen-bond donors (Lipinski definition) is 0. The van der Waals surface area contributed by atoms with Crippen LogP contribution in [0.4, 0.5) is 0 Å². The number of benzene rings is 1. The van der Waals surface area contributed by atoms with E-state index in [-0.39, 0.29) is 0 Å². The summed E-state index contributed by atoms with van der Waals surface area (Å²) in [6.45, 7) is 3.71. The van der Waals surface area contributed by atoms with Crippen molar-refractivity contribution in [3.05, 3.63) is 54.5 Å². The van der Waals surface area contributed by atoms with Crippen LogP contribution in [0.3, 0.4) is 0 Å². The molecule has 1 aromatic carbocycles. The van der Waals surface area contributed by atoms with E-state index in [2.05, 4.69) is 6.58 Å². The molecule has 1 rings (SSSR count). The molecule has 0 radical (unpaired) electrons. The first-order chi connectivity index (χ1) is 6.74. The lowest BCUT2D eigenvalue weighted by Crippen LogP contribution is -1.91. The quantitative estimate of drug-likeness (QED) is 0.533. The molecule has 0 bridgehead atoms. The van der Waals surface area contributed by atoms with Crippen molar-refractivity contribution in [3.63, 3.8) is 0 Å². The normalized spacial score (nSPS) is 11.1. The van der Waals surface area contributed by atoms with Gasteiger partial charge in [0.1, 0.15) is 0 Å². The Bertz CT molecular complexity index is 317. The Labute approximate surface area is 95.1 Å². The first-order valence-corrected chi connectivity index (χ1v) is 5.26. The Morgan fingerprint density at radius 2 is 1.93 bits per heavy atom. The Hall–Kier alpha value is -0.655. The highest BCUT2D eigenvalue weighted by Crippen LogP contribution is 2.20. The van der Waals surface area contributed by atoms with Gasteiger partial charge in [0.2, 0.25) is 0 Å². The average Bonchev–Trinajstić information content (AvgIpc) is 2.18. The third kappa shape index (κ3) is 3.61. The van der Waals surface area contributed by atoms with Gasteiger partial charge in [-0.3, -0.25) is 0 Å². The van der Waals surface area contributed by atoms with Gasteiger partial charge >= 0.3 is 5.54 Å².